The molecule has 0 saturated carbocycles. The summed E-state index contributed by atoms with van der Waals surface area (Å²) >= 11 is 6.14. The van der Waals surface area contributed by atoms with E-state index in [0.29, 0.717) is 17.6 Å². The van der Waals surface area contributed by atoms with Gasteiger partial charge in [0, 0.05) is 24.3 Å². The Kier molecular flexibility index (Phi) is 4.45. The molecule has 0 fully saturated rings. The first kappa shape index (κ1) is 13.9. The topological polar surface area (TPSA) is 55.9 Å². The first-order valence-corrected chi connectivity index (χ1v) is 6.74. The minimum absolute atomic E-state index is 0.00685. The molecule has 0 radical (unpaired) electrons. The molecule has 0 aliphatic carbocycles. The molecular weight excluding hydrogens is 260 g/mol. The van der Waals surface area contributed by atoms with Crippen molar-refractivity contribution in [2.75, 3.05) is 11.9 Å². The van der Waals surface area contributed by atoms with Gasteiger partial charge in [-0.25, -0.2) is 0 Å². The fourth-order valence-corrected chi connectivity index (χ4v) is 2.05. The molecule has 4 nitrogen and oxygen atoms in total. The molecule has 102 valence electrons. The van der Waals surface area contributed by atoms with Gasteiger partial charge in [-0.1, -0.05) is 23.7 Å². The number of halogens is 1. The van der Waals surface area contributed by atoms with Gasteiger partial charge >= 0.3 is 0 Å². The van der Waals surface area contributed by atoms with E-state index in [2.05, 4.69) is 24.3 Å². The highest BCUT2D eigenvalue weighted by Crippen LogP contribution is 2.25. The smallest absolute Gasteiger partial charge is 0.0667 e. The number of rotatable bonds is 5. The Bertz CT molecular complexity index is 536. The van der Waals surface area contributed by atoms with E-state index in [1.54, 1.807) is 0 Å². The van der Waals surface area contributed by atoms with Crippen molar-refractivity contribution in [3.05, 3.63) is 47.2 Å². The number of nitrogens with zero attached hydrogens (tertiary/aromatic N) is 2. The van der Waals surface area contributed by atoms with Crippen molar-refractivity contribution >= 4 is 17.3 Å². The molecule has 0 spiro atoms. The molecule has 1 aromatic heterocycles. The van der Waals surface area contributed by atoms with E-state index >= 15 is 0 Å². The van der Waals surface area contributed by atoms with Crippen LogP contribution in [0.1, 0.15) is 31.5 Å². The zero-order valence-electron chi connectivity index (χ0n) is 11.2. The van der Waals surface area contributed by atoms with Crippen molar-refractivity contribution in [1.82, 2.24) is 9.78 Å². The largest absolute Gasteiger partial charge is 0.376 e. The van der Waals surface area contributed by atoms with Crippen LogP contribution >= 0.6 is 11.6 Å². The lowest BCUT2D eigenvalue weighted by Gasteiger charge is -2.17. The Labute approximate surface area is 118 Å². The second-order valence-electron chi connectivity index (χ2n) is 4.76. The zero-order valence-corrected chi connectivity index (χ0v) is 11.9. The fourth-order valence-electron chi connectivity index (χ4n) is 1.86. The Morgan fingerprint density at radius 1 is 1.37 bits per heavy atom. The van der Waals surface area contributed by atoms with Crippen LogP contribution in [0.5, 0.6) is 0 Å². The van der Waals surface area contributed by atoms with Gasteiger partial charge in [0.25, 0.3) is 0 Å². The molecule has 2 rings (SSSR count). The number of hydrogen-bond acceptors (Lipinski definition) is 3. The van der Waals surface area contributed by atoms with Crippen LogP contribution in [0.2, 0.25) is 5.02 Å². The van der Waals surface area contributed by atoms with Crippen LogP contribution in [0, 0.1) is 0 Å². The first-order valence-electron chi connectivity index (χ1n) is 6.37. The minimum Gasteiger partial charge on any atom is -0.376 e. The summed E-state index contributed by atoms with van der Waals surface area (Å²) in [6.45, 7) is 4.67. The lowest BCUT2D eigenvalue weighted by Crippen LogP contribution is -2.20. The van der Waals surface area contributed by atoms with Crippen LogP contribution in [0.25, 0.3) is 0 Å². The van der Waals surface area contributed by atoms with Crippen LogP contribution in [-0.2, 0) is 0 Å². The van der Waals surface area contributed by atoms with Crippen LogP contribution < -0.4 is 11.1 Å². The standard InChI is InChI=1S/C14H19ClN4/c1-10(2)19-9-11(8-17-19)14(7-16)18-13-6-4-3-5-12(13)15/h3-6,8-10,14,18H,7,16H2,1-2H3. The van der Waals surface area contributed by atoms with E-state index in [9.17, 15) is 0 Å². The van der Waals surface area contributed by atoms with Crippen molar-refractivity contribution < 1.29 is 0 Å². The zero-order chi connectivity index (χ0) is 13.8. The number of hydrogen-bond donors (Lipinski definition) is 2. The highest BCUT2D eigenvalue weighted by molar-refractivity contribution is 6.33. The Morgan fingerprint density at radius 2 is 2.11 bits per heavy atom. The fraction of sp³-hybridized carbons (Fsp3) is 0.357. The molecule has 2 aromatic rings. The lowest BCUT2D eigenvalue weighted by molar-refractivity contribution is 0.531. The maximum atomic E-state index is 6.14. The highest BCUT2D eigenvalue weighted by Gasteiger charge is 2.13. The molecule has 1 atom stereocenters. The van der Waals surface area contributed by atoms with Gasteiger partial charge in [0.15, 0.2) is 0 Å². The van der Waals surface area contributed by atoms with Crippen LogP contribution in [0.3, 0.4) is 0 Å². The monoisotopic (exact) mass is 278 g/mol. The van der Waals surface area contributed by atoms with Crippen LogP contribution in [0.4, 0.5) is 5.69 Å². The van der Waals surface area contributed by atoms with Crippen LogP contribution in [-0.4, -0.2) is 16.3 Å². The molecule has 1 heterocycles. The van der Waals surface area contributed by atoms with E-state index in [-0.39, 0.29) is 6.04 Å². The molecule has 1 aromatic carbocycles. The Balaban J connectivity index is 2.18. The summed E-state index contributed by atoms with van der Waals surface area (Å²) in [4.78, 5) is 0. The van der Waals surface area contributed by atoms with E-state index in [1.807, 2.05) is 41.3 Å². The third-order valence-electron chi connectivity index (χ3n) is 2.99. The number of aromatic nitrogens is 2. The molecule has 5 heteroatoms. The molecule has 3 N–H and O–H groups in total. The van der Waals surface area contributed by atoms with Crippen molar-refractivity contribution in [3.63, 3.8) is 0 Å². The van der Waals surface area contributed by atoms with Gasteiger partial charge in [-0.2, -0.15) is 5.10 Å². The first-order chi connectivity index (χ1) is 9.11. The number of benzene rings is 1. The van der Waals surface area contributed by atoms with Crippen molar-refractivity contribution in [2.45, 2.75) is 25.9 Å². The number of nitrogens with two attached hydrogens (primary N) is 1. The molecular formula is C14H19ClN4. The lowest BCUT2D eigenvalue weighted by atomic mass is 10.1. The number of para-hydroxylation sites is 1. The maximum Gasteiger partial charge on any atom is 0.0667 e. The summed E-state index contributed by atoms with van der Waals surface area (Å²) in [6.07, 6.45) is 3.87. The van der Waals surface area contributed by atoms with Gasteiger partial charge in [0.2, 0.25) is 0 Å². The van der Waals surface area contributed by atoms with E-state index in [0.717, 1.165) is 11.3 Å². The second kappa shape index (κ2) is 6.08. The average molecular weight is 279 g/mol. The molecule has 0 aliphatic rings. The van der Waals surface area contributed by atoms with Crippen molar-refractivity contribution in [1.29, 1.82) is 0 Å². The molecule has 0 saturated heterocycles. The summed E-state index contributed by atoms with van der Waals surface area (Å²) in [5.41, 5.74) is 7.80. The third kappa shape index (κ3) is 3.28. The molecule has 0 bridgehead atoms. The van der Waals surface area contributed by atoms with Gasteiger partial charge in [-0.05, 0) is 26.0 Å². The quantitative estimate of drug-likeness (QED) is 0.883. The van der Waals surface area contributed by atoms with Crippen molar-refractivity contribution in [2.24, 2.45) is 5.73 Å². The van der Waals surface area contributed by atoms with Gasteiger partial charge in [-0.15, -0.1) is 0 Å². The molecule has 19 heavy (non-hydrogen) atoms. The van der Waals surface area contributed by atoms with Gasteiger partial charge in [-0.3, -0.25) is 4.68 Å². The van der Waals surface area contributed by atoms with E-state index in [4.69, 9.17) is 17.3 Å². The third-order valence-corrected chi connectivity index (χ3v) is 3.32. The Hall–Kier alpha value is -1.52. The summed E-state index contributed by atoms with van der Waals surface area (Å²) in [5, 5.41) is 8.38. The minimum atomic E-state index is 0.00685. The maximum absolute atomic E-state index is 6.14. The summed E-state index contributed by atoms with van der Waals surface area (Å²) in [5.74, 6) is 0. The second-order valence-corrected chi connectivity index (χ2v) is 5.17. The Morgan fingerprint density at radius 3 is 2.68 bits per heavy atom. The van der Waals surface area contributed by atoms with Gasteiger partial charge < -0.3 is 11.1 Å². The highest BCUT2D eigenvalue weighted by atomic mass is 35.5. The molecule has 1 unspecified atom stereocenters. The SMILES string of the molecule is CC(C)n1cc(C(CN)Nc2ccccc2Cl)cn1. The molecule has 0 aliphatic heterocycles. The molecule has 0 amide bonds. The van der Waals surface area contributed by atoms with E-state index in [1.165, 1.54) is 0 Å². The van der Waals surface area contributed by atoms with Crippen molar-refractivity contribution in [3.8, 4) is 0 Å². The van der Waals surface area contributed by atoms with Crippen LogP contribution in [0.15, 0.2) is 36.7 Å². The van der Waals surface area contributed by atoms with E-state index < -0.39 is 0 Å². The predicted octanol–water partition coefficient (Wildman–Crippen LogP) is 3.23. The van der Waals surface area contributed by atoms with Gasteiger partial charge in [0.05, 0.1) is 22.9 Å². The number of nitrogens with one attached hydrogen (secondary N) is 1. The summed E-state index contributed by atoms with van der Waals surface area (Å²) < 4.78 is 1.92. The normalized spacial score (nSPS) is 12.7. The number of anilines is 1. The summed E-state index contributed by atoms with van der Waals surface area (Å²) in [7, 11) is 0. The summed E-state index contributed by atoms with van der Waals surface area (Å²) in [6, 6.07) is 7.99. The predicted molar refractivity (Wildman–Crippen MR) is 79.5 cm³/mol. The average Bonchev–Trinajstić information content (AvgIpc) is 2.87. The van der Waals surface area contributed by atoms with Gasteiger partial charge in [0.1, 0.15) is 0 Å².